The topological polar surface area (TPSA) is 65.2 Å². The summed E-state index contributed by atoms with van der Waals surface area (Å²) in [6, 6.07) is 15.4. The zero-order valence-corrected chi connectivity index (χ0v) is 13.1. The second kappa shape index (κ2) is 5.77. The van der Waals surface area contributed by atoms with Crippen LogP contribution in [0.3, 0.4) is 0 Å². The maximum atomic E-state index is 5.92. The van der Waals surface area contributed by atoms with Crippen molar-refractivity contribution in [1.82, 2.24) is 24.8 Å². The van der Waals surface area contributed by atoms with Crippen LogP contribution in [0.1, 0.15) is 18.0 Å². The fourth-order valence-electron chi connectivity index (χ4n) is 2.20. The third-order valence-electron chi connectivity index (χ3n) is 3.30. The van der Waals surface area contributed by atoms with E-state index in [1.54, 1.807) is 10.7 Å². The molecule has 4 aromatic rings. The first kappa shape index (κ1) is 13.8. The van der Waals surface area contributed by atoms with Gasteiger partial charge in [0, 0.05) is 6.20 Å². The van der Waals surface area contributed by atoms with Crippen LogP contribution in [0.4, 0.5) is 0 Å². The summed E-state index contributed by atoms with van der Waals surface area (Å²) in [5.41, 5.74) is 0.744. The molecule has 4 rings (SSSR count). The van der Waals surface area contributed by atoms with Gasteiger partial charge in [-0.3, -0.25) is 4.98 Å². The molecule has 0 saturated heterocycles. The molecule has 0 bridgehead atoms. The Balaban J connectivity index is 1.66. The van der Waals surface area contributed by atoms with Gasteiger partial charge in [0.2, 0.25) is 10.8 Å². The van der Waals surface area contributed by atoms with Gasteiger partial charge >= 0.3 is 0 Å². The van der Waals surface area contributed by atoms with E-state index >= 15 is 0 Å². The number of ether oxygens (including phenoxy) is 1. The number of hydrogen-bond acceptors (Lipinski definition) is 6. The zero-order valence-electron chi connectivity index (χ0n) is 12.3. The van der Waals surface area contributed by atoms with Crippen molar-refractivity contribution in [3.05, 3.63) is 59.7 Å². The third-order valence-corrected chi connectivity index (χ3v) is 4.36. The molecule has 0 aliphatic carbocycles. The van der Waals surface area contributed by atoms with E-state index in [9.17, 15) is 0 Å². The Morgan fingerprint density at radius 2 is 1.87 bits per heavy atom. The van der Waals surface area contributed by atoms with Gasteiger partial charge in [-0.2, -0.15) is 9.61 Å². The molecule has 0 N–H and O–H groups in total. The highest BCUT2D eigenvalue weighted by Gasteiger charge is 2.18. The Kier molecular flexibility index (Phi) is 3.47. The van der Waals surface area contributed by atoms with E-state index in [1.807, 2.05) is 55.5 Å². The van der Waals surface area contributed by atoms with Crippen LogP contribution in [-0.2, 0) is 0 Å². The van der Waals surface area contributed by atoms with Crippen molar-refractivity contribution in [3.63, 3.8) is 0 Å². The first-order valence-electron chi connectivity index (χ1n) is 7.16. The van der Waals surface area contributed by atoms with Gasteiger partial charge in [-0.05, 0) is 31.2 Å². The van der Waals surface area contributed by atoms with Crippen LogP contribution in [-0.4, -0.2) is 24.8 Å². The number of fused-ring (bicyclic) bond motifs is 1. The number of para-hydroxylation sites is 1. The lowest BCUT2D eigenvalue weighted by Crippen LogP contribution is -2.04. The van der Waals surface area contributed by atoms with Gasteiger partial charge in [0.25, 0.3) is 0 Å². The van der Waals surface area contributed by atoms with Gasteiger partial charge in [-0.1, -0.05) is 35.6 Å². The number of hydrogen-bond donors (Lipinski definition) is 0. The summed E-state index contributed by atoms with van der Waals surface area (Å²) in [4.78, 5) is 5.03. The largest absolute Gasteiger partial charge is 0.483 e. The molecule has 1 aromatic carbocycles. The van der Waals surface area contributed by atoms with Crippen molar-refractivity contribution < 1.29 is 4.74 Å². The third kappa shape index (κ3) is 2.66. The van der Waals surface area contributed by atoms with E-state index in [1.165, 1.54) is 11.3 Å². The van der Waals surface area contributed by atoms with Gasteiger partial charge in [-0.15, -0.1) is 10.2 Å². The first-order valence-corrected chi connectivity index (χ1v) is 7.98. The van der Waals surface area contributed by atoms with Crippen molar-refractivity contribution in [2.75, 3.05) is 0 Å². The molecule has 114 valence electrons. The van der Waals surface area contributed by atoms with Crippen molar-refractivity contribution in [3.8, 4) is 17.3 Å². The second-order valence-electron chi connectivity index (χ2n) is 4.95. The van der Waals surface area contributed by atoms with Crippen LogP contribution < -0.4 is 4.74 Å². The van der Waals surface area contributed by atoms with Crippen molar-refractivity contribution >= 4 is 16.3 Å². The molecule has 0 aliphatic rings. The average Bonchev–Trinajstić information content (AvgIpc) is 3.17. The van der Waals surface area contributed by atoms with Crippen LogP contribution in [0.15, 0.2) is 54.7 Å². The summed E-state index contributed by atoms with van der Waals surface area (Å²) in [5, 5.41) is 13.8. The lowest BCUT2D eigenvalue weighted by atomic mass is 10.3. The molecule has 0 fully saturated rings. The van der Waals surface area contributed by atoms with E-state index in [-0.39, 0.29) is 6.10 Å². The summed E-state index contributed by atoms with van der Waals surface area (Å²) in [6.45, 7) is 1.97. The van der Waals surface area contributed by atoms with E-state index in [2.05, 4.69) is 20.3 Å². The smallest absolute Gasteiger partial charge is 0.235 e. The molecule has 0 spiro atoms. The van der Waals surface area contributed by atoms with Gasteiger partial charge in [0.15, 0.2) is 5.01 Å². The van der Waals surface area contributed by atoms with E-state index in [4.69, 9.17) is 4.74 Å². The number of benzene rings is 1. The van der Waals surface area contributed by atoms with Gasteiger partial charge in [-0.25, -0.2) is 0 Å². The highest BCUT2D eigenvalue weighted by molar-refractivity contribution is 7.16. The minimum absolute atomic E-state index is 0.166. The molecule has 3 heterocycles. The van der Waals surface area contributed by atoms with Crippen molar-refractivity contribution in [2.24, 2.45) is 0 Å². The fourth-order valence-corrected chi connectivity index (χ4v) is 3.02. The predicted molar refractivity (Wildman–Crippen MR) is 87.4 cm³/mol. The summed E-state index contributed by atoms with van der Waals surface area (Å²) in [5.74, 6) is 1.45. The minimum atomic E-state index is -0.166. The SMILES string of the molecule is CC(Oc1ccccc1)c1nn2c(-c3ccccn3)nnc2s1. The molecule has 0 saturated carbocycles. The average molecular weight is 323 g/mol. The van der Waals surface area contributed by atoms with Gasteiger partial charge in [0.1, 0.15) is 17.5 Å². The summed E-state index contributed by atoms with van der Waals surface area (Å²) < 4.78 is 7.63. The number of nitrogens with zero attached hydrogens (tertiary/aromatic N) is 5. The summed E-state index contributed by atoms with van der Waals surface area (Å²) in [7, 11) is 0. The molecular weight excluding hydrogens is 310 g/mol. The van der Waals surface area contributed by atoms with Gasteiger partial charge < -0.3 is 4.74 Å². The second-order valence-corrected chi connectivity index (χ2v) is 5.93. The van der Waals surface area contributed by atoms with Crippen molar-refractivity contribution in [1.29, 1.82) is 0 Å². The van der Waals surface area contributed by atoms with E-state index in [0.717, 1.165) is 21.4 Å². The Labute approximate surface area is 136 Å². The minimum Gasteiger partial charge on any atom is -0.483 e. The number of pyridine rings is 1. The van der Waals surface area contributed by atoms with Gasteiger partial charge in [0.05, 0.1) is 0 Å². The molecule has 23 heavy (non-hydrogen) atoms. The highest BCUT2D eigenvalue weighted by atomic mass is 32.1. The predicted octanol–water partition coefficient (Wildman–Crippen LogP) is 3.39. The van der Waals surface area contributed by atoms with Crippen molar-refractivity contribution in [2.45, 2.75) is 13.0 Å². The molecule has 1 atom stereocenters. The summed E-state index contributed by atoms with van der Waals surface area (Å²) >= 11 is 1.47. The molecule has 0 radical (unpaired) electrons. The van der Waals surface area contributed by atoms with E-state index in [0.29, 0.717) is 5.82 Å². The lowest BCUT2D eigenvalue weighted by Gasteiger charge is -2.11. The standard InChI is InChI=1S/C16H13N5OS/c1-11(22-12-7-3-2-4-8-12)15-20-21-14(18-19-16(21)23-15)13-9-5-6-10-17-13/h2-11H,1H3. The molecule has 3 aromatic heterocycles. The maximum Gasteiger partial charge on any atom is 0.235 e. The Morgan fingerprint density at radius 1 is 1.04 bits per heavy atom. The molecule has 1 unspecified atom stereocenters. The van der Waals surface area contributed by atoms with E-state index < -0.39 is 0 Å². The summed E-state index contributed by atoms with van der Waals surface area (Å²) in [6.07, 6.45) is 1.56. The van der Waals surface area contributed by atoms with Crippen LogP contribution >= 0.6 is 11.3 Å². The fraction of sp³-hybridized carbons (Fsp3) is 0.125. The van der Waals surface area contributed by atoms with Crippen LogP contribution in [0, 0.1) is 0 Å². The molecule has 0 amide bonds. The lowest BCUT2D eigenvalue weighted by molar-refractivity contribution is 0.225. The number of aromatic nitrogens is 5. The van der Waals surface area contributed by atoms with Crippen LogP contribution in [0.5, 0.6) is 5.75 Å². The zero-order chi connectivity index (χ0) is 15.6. The molecule has 6 nitrogen and oxygen atoms in total. The Morgan fingerprint density at radius 3 is 2.65 bits per heavy atom. The van der Waals surface area contributed by atoms with Crippen LogP contribution in [0.2, 0.25) is 0 Å². The monoisotopic (exact) mass is 323 g/mol. The normalized spacial score (nSPS) is 12.4. The Bertz CT molecular complexity index is 919. The maximum absolute atomic E-state index is 5.92. The first-order chi connectivity index (χ1) is 11.3. The quantitative estimate of drug-likeness (QED) is 0.576. The van der Waals surface area contributed by atoms with Crippen LogP contribution in [0.25, 0.3) is 16.5 Å². The highest BCUT2D eigenvalue weighted by Crippen LogP contribution is 2.27. The Hall–Kier alpha value is -2.80. The number of rotatable bonds is 4. The molecular formula is C16H13N5OS. The molecule has 7 heteroatoms. The molecule has 0 aliphatic heterocycles.